The van der Waals surface area contributed by atoms with Crippen molar-refractivity contribution in [2.24, 2.45) is 11.1 Å². The second-order valence-corrected chi connectivity index (χ2v) is 6.69. The molecule has 3 aliphatic rings. The third-order valence-electron chi connectivity index (χ3n) is 5.07. The molecule has 24 heavy (non-hydrogen) atoms. The summed E-state index contributed by atoms with van der Waals surface area (Å²) < 4.78 is 0. The Bertz CT molecular complexity index is 667. The van der Waals surface area contributed by atoms with Gasteiger partial charge < -0.3 is 14.6 Å². The molecule has 2 amide bonds. The van der Waals surface area contributed by atoms with Crippen molar-refractivity contribution in [2.75, 3.05) is 26.2 Å². The first-order valence-corrected chi connectivity index (χ1v) is 8.57. The third-order valence-corrected chi connectivity index (χ3v) is 5.07. The minimum Gasteiger partial charge on any atom is -0.389 e. The number of nitrogens with zero attached hydrogens (tertiary/aromatic N) is 3. The summed E-state index contributed by atoms with van der Waals surface area (Å²) in [4.78, 5) is 34.2. The molecule has 2 saturated heterocycles. The lowest BCUT2D eigenvalue weighted by Gasteiger charge is -2.18. The molecule has 2 atom stereocenters. The molecule has 1 aromatic carbocycles. The summed E-state index contributed by atoms with van der Waals surface area (Å²) in [6, 6.07) is 9.72. The lowest BCUT2D eigenvalue weighted by atomic mass is 10.00. The topological polar surface area (TPSA) is 62.2 Å². The van der Waals surface area contributed by atoms with Crippen molar-refractivity contribution >= 4 is 17.5 Å². The fourth-order valence-electron chi connectivity index (χ4n) is 3.70. The maximum atomic E-state index is 12.6. The molecule has 0 spiro atoms. The van der Waals surface area contributed by atoms with Crippen LogP contribution in [0.25, 0.3) is 0 Å². The SMILES string of the molecule is O=C(Cc1ccccc1)N1C[C@@H]2C(C(=O)N3CCCC3)=NO[C@@H]2C1. The van der Waals surface area contributed by atoms with E-state index in [0.717, 1.165) is 31.5 Å². The van der Waals surface area contributed by atoms with Crippen LogP contribution in [0.3, 0.4) is 0 Å². The van der Waals surface area contributed by atoms with Crippen LogP contribution in [0.1, 0.15) is 18.4 Å². The van der Waals surface area contributed by atoms with Gasteiger partial charge in [-0.3, -0.25) is 9.59 Å². The molecular weight excluding hydrogens is 306 g/mol. The van der Waals surface area contributed by atoms with Gasteiger partial charge in [-0.05, 0) is 18.4 Å². The Morgan fingerprint density at radius 1 is 1.08 bits per heavy atom. The van der Waals surface area contributed by atoms with E-state index in [1.165, 1.54) is 0 Å². The number of hydrogen-bond donors (Lipinski definition) is 0. The Labute approximate surface area is 141 Å². The summed E-state index contributed by atoms with van der Waals surface area (Å²) in [7, 11) is 0. The van der Waals surface area contributed by atoms with Crippen molar-refractivity contribution in [2.45, 2.75) is 25.4 Å². The maximum Gasteiger partial charge on any atom is 0.272 e. The van der Waals surface area contributed by atoms with Crippen LogP contribution in [0.5, 0.6) is 0 Å². The Morgan fingerprint density at radius 3 is 2.58 bits per heavy atom. The number of hydrogen-bond acceptors (Lipinski definition) is 4. The number of rotatable bonds is 3. The molecule has 3 heterocycles. The van der Waals surface area contributed by atoms with Gasteiger partial charge in [0.05, 0.1) is 18.9 Å². The number of likely N-dealkylation sites (tertiary alicyclic amines) is 2. The van der Waals surface area contributed by atoms with E-state index in [9.17, 15) is 9.59 Å². The largest absolute Gasteiger partial charge is 0.389 e. The number of carbonyl (C=O) groups excluding carboxylic acids is 2. The second kappa shape index (κ2) is 6.26. The number of fused-ring (bicyclic) bond motifs is 1. The zero-order valence-electron chi connectivity index (χ0n) is 13.6. The number of carbonyl (C=O) groups is 2. The van der Waals surface area contributed by atoms with E-state index in [4.69, 9.17) is 4.84 Å². The fraction of sp³-hybridized carbons (Fsp3) is 0.500. The van der Waals surface area contributed by atoms with Gasteiger partial charge in [0.25, 0.3) is 5.91 Å². The van der Waals surface area contributed by atoms with Gasteiger partial charge in [-0.15, -0.1) is 0 Å². The minimum absolute atomic E-state index is 0.0163. The van der Waals surface area contributed by atoms with E-state index in [-0.39, 0.29) is 23.8 Å². The summed E-state index contributed by atoms with van der Waals surface area (Å²) in [5.74, 6) is -0.0256. The molecule has 6 heteroatoms. The first-order chi connectivity index (χ1) is 11.7. The van der Waals surface area contributed by atoms with Crippen LogP contribution in [0.2, 0.25) is 0 Å². The van der Waals surface area contributed by atoms with Gasteiger partial charge >= 0.3 is 0 Å². The zero-order valence-corrected chi connectivity index (χ0v) is 13.6. The third kappa shape index (κ3) is 2.77. The molecule has 0 unspecified atom stereocenters. The molecule has 0 aliphatic carbocycles. The molecule has 0 bridgehead atoms. The highest BCUT2D eigenvalue weighted by molar-refractivity contribution is 6.40. The summed E-state index contributed by atoms with van der Waals surface area (Å²) in [5, 5.41) is 4.03. The lowest BCUT2D eigenvalue weighted by Crippen LogP contribution is -2.39. The van der Waals surface area contributed by atoms with Crippen molar-refractivity contribution in [1.82, 2.24) is 9.80 Å². The molecule has 0 radical (unpaired) electrons. The Balaban J connectivity index is 1.40. The summed E-state index contributed by atoms with van der Waals surface area (Å²) in [6.07, 6.45) is 2.31. The van der Waals surface area contributed by atoms with Crippen LogP contribution in [-0.4, -0.2) is 59.6 Å². The molecule has 126 valence electrons. The predicted molar refractivity (Wildman–Crippen MR) is 88.3 cm³/mol. The molecule has 0 aromatic heterocycles. The molecule has 2 fully saturated rings. The smallest absolute Gasteiger partial charge is 0.272 e. The Hall–Kier alpha value is -2.37. The van der Waals surface area contributed by atoms with Crippen LogP contribution in [0.15, 0.2) is 35.5 Å². The van der Waals surface area contributed by atoms with Gasteiger partial charge in [-0.25, -0.2) is 0 Å². The van der Waals surface area contributed by atoms with Crippen molar-refractivity contribution in [3.63, 3.8) is 0 Å². The first kappa shape index (κ1) is 15.2. The summed E-state index contributed by atoms with van der Waals surface area (Å²) >= 11 is 0. The van der Waals surface area contributed by atoms with Gasteiger partial charge in [0.1, 0.15) is 0 Å². The van der Waals surface area contributed by atoms with Crippen LogP contribution in [-0.2, 0) is 20.8 Å². The second-order valence-electron chi connectivity index (χ2n) is 6.69. The normalized spacial score (nSPS) is 25.4. The predicted octanol–water partition coefficient (Wildman–Crippen LogP) is 1.06. The Kier molecular flexibility index (Phi) is 3.96. The Morgan fingerprint density at radius 2 is 1.83 bits per heavy atom. The van der Waals surface area contributed by atoms with E-state index in [0.29, 0.717) is 25.2 Å². The van der Waals surface area contributed by atoms with E-state index in [2.05, 4.69) is 5.16 Å². The molecule has 0 N–H and O–H groups in total. The highest BCUT2D eigenvalue weighted by Crippen LogP contribution is 2.29. The van der Waals surface area contributed by atoms with Gasteiger partial charge in [0, 0.05) is 19.6 Å². The number of amides is 2. The standard InChI is InChI=1S/C18H21N3O3/c22-16(10-13-6-2-1-3-7-13)21-11-14-15(12-21)24-19-17(14)18(23)20-8-4-5-9-20/h1-3,6-7,14-15H,4-5,8-12H2/t14-,15+/m0/s1. The van der Waals surface area contributed by atoms with Crippen LogP contribution in [0, 0.1) is 5.92 Å². The van der Waals surface area contributed by atoms with Crippen molar-refractivity contribution in [3.05, 3.63) is 35.9 Å². The molecule has 3 aliphatic heterocycles. The van der Waals surface area contributed by atoms with Gasteiger partial charge in [-0.2, -0.15) is 0 Å². The van der Waals surface area contributed by atoms with Crippen molar-refractivity contribution in [3.8, 4) is 0 Å². The average Bonchev–Trinajstić information content (AvgIpc) is 3.31. The van der Waals surface area contributed by atoms with Crippen LogP contribution < -0.4 is 0 Å². The zero-order chi connectivity index (χ0) is 16.5. The highest BCUT2D eigenvalue weighted by Gasteiger charge is 2.47. The highest BCUT2D eigenvalue weighted by atomic mass is 16.6. The molecule has 0 saturated carbocycles. The van der Waals surface area contributed by atoms with Gasteiger partial charge in [0.2, 0.25) is 5.91 Å². The monoisotopic (exact) mass is 327 g/mol. The number of oxime groups is 1. The minimum atomic E-state index is -0.175. The van der Waals surface area contributed by atoms with Gasteiger partial charge in [-0.1, -0.05) is 35.5 Å². The molecule has 6 nitrogen and oxygen atoms in total. The fourth-order valence-corrected chi connectivity index (χ4v) is 3.70. The number of benzene rings is 1. The maximum absolute atomic E-state index is 12.6. The van der Waals surface area contributed by atoms with Crippen molar-refractivity contribution in [1.29, 1.82) is 0 Å². The summed E-state index contributed by atoms with van der Waals surface area (Å²) in [5.41, 5.74) is 1.50. The molecular formula is C18H21N3O3. The van der Waals surface area contributed by atoms with E-state index in [1.54, 1.807) is 4.90 Å². The molecule has 4 rings (SSSR count). The van der Waals surface area contributed by atoms with E-state index < -0.39 is 0 Å². The van der Waals surface area contributed by atoms with Crippen molar-refractivity contribution < 1.29 is 14.4 Å². The lowest BCUT2D eigenvalue weighted by molar-refractivity contribution is -0.130. The van der Waals surface area contributed by atoms with Crippen LogP contribution >= 0.6 is 0 Å². The average molecular weight is 327 g/mol. The quantitative estimate of drug-likeness (QED) is 0.834. The van der Waals surface area contributed by atoms with E-state index >= 15 is 0 Å². The van der Waals surface area contributed by atoms with E-state index in [1.807, 2.05) is 35.2 Å². The van der Waals surface area contributed by atoms with Gasteiger partial charge in [0.15, 0.2) is 11.8 Å². The first-order valence-electron chi connectivity index (χ1n) is 8.57. The van der Waals surface area contributed by atoms with Crippen LogP contribution in [0.4, 0.5) is 0 Å². The summed E-state index contributed by atoms with van der Waals surface area (Å²) in [6.45, 7) is 2.63. The molecule has 1 aromatic rings.